The maximum atomic E-state index is 12.8. The van der Waals surface area contributed by atoms with Gasteiger partial charge in [-0.3, -0.25) is 9.59 Å². The zero-order valence-corrected chi connectivity index (χ0v) is 15.0. The highest BCUT2D eigenvalue weighted by atomic mass is 16.5. The Kier molecular flexibility index (Phi) is 5.89. The van der Waals surface area contributed by atoms with Crippen LogP contribution in [0.3, 0.4) is 0 Å². The van der Waals surface area contributed by atoms with Gasteiger partial charge in [-0.25, -0.2) is 0 Å². The largest absolute Gasteiger partial charge is 0.481 e. The lowest BCUT2D eigenvalue weighted by molar-refractivity contribution is -0.122. The van der Waals surface area contributed by atoms with Gasteiger partial charge in [0.1, 0.15) is 5.75 Å². The van der Waals surface area contributed by atoms with Gasteiger partial charge in [0, 0.05) is 13.1 Å². The molecule has 1 aliphatic rings. The Balaban J connectivity index is 1.69. The molecule has 0 spiro atoms. The zero-order valence-electron chi connectivity index (χ0n) is 15.0. The van der Waals surface area contributed by atoms with Gasteiger partial charge in [0.15, 0.2) is 6.10 Å². The SMILES string of the molecule is CC(Oc1ccccc1)C(=O)Nc1ccccc1C(=O)N1CCCCC1. The molecule has 26 heavy (non-hydrogen) atoms. The van der Waals surface area contributed by atoms with E-state index in [-0.39, 0.29) is 11.8 Å². The van der Waals surface area contributed by atoms with Crippen molar-refractivity contribution >= 4 is 17.5 Å². The number of nitrogens with zero attached hydrogens (tertiary/aromatic N) is 1. The van der Waals surface area contributed by atoms with Crippen LogP contribution in [0.5, 0.6) is 5.75 Å². The van der Waals surface area contributed by atoms with Crippen molar-refractivity contribution in [2.24, 2.45) is 0 Å². The van der Waals surface area contributed by atoms with Crippen LogP contribution in [0, 0.1) is 0 Å². The number of ether oxygens (including phenoxy) is 1. The number of piperidine rings is 1. The minimum Gasteiger partial charge on any atom is -0.481 e. The fraction of sp³-hybridized carbons (Fsp3) is 0.333. The summed E-state index contributed by atoms with van der Waals surface area (Å²) in [5, 5.41) is 2.84. The number of carbonyl (C=O) groups excluding carboxylic acids is 2. The first-order chi connectivity index (χ1) is 12.6. The first-order valence-electron chi connectivity index (χ1n) is 9.06. The number of amides is 2. The molecule has 5 heteroatoms. The molecule has 2 aromatic carbocycles. The lowest BCUT2D eigenvalue weighted by atomic mass is 10.1. The number of likely N-dealkylation sites (tertiary alicyclic amines) is 1. The van der Waals surface area contributed by atoms with Crippen molar-refractivity contribution in [3.05, 3.63) is 60.2 Å². The highest BCUT2D eigenvalue weighted by molar-refractivity contribution is 6.04. The molecule has 1 unspecified atom stereocenters. The van der Waals surface area contributed by atoms with Gasteiger partial charge in [-0.15, -0.1) is 0 Å². The van der Waals surface area contributed by atoms with Crippen molar-refractivity contribution in [2.45, 2.75) is 32.3 Å². The third kappa shape index (κ3) is 4.42. The molecule has 2 aromatic rings. The van der Waals surface area contributed by atoms with Crippen LogP contribution in [0.1, 0.15) is 36.5 Å². The van der Waals surface area contributed by atoms with E-state index in [9.17, 15) is 9.59 Å². The van der Waals surface area contributed by atoms with Gasteiger partial charge in [0.25, 0.3) is 11.8 Å². The van der Waals surface area contributed by atoms with Crippen LogP contribution in [-0.2, 0) is 4.79 Å². The molecule has 0 saturated carbocycles. The Hall–Kier alpha value is -2.82. The molecule has 1 saturated heterocycles. The molecule has 1 atom stereocenters. The summed E-state index contributed by atoms with van der Waals surface area (Å²) in [5.41, 5.74) is 1.05. The van der Waals surface area contributed by atoms with E-state index in [4.69, 9.17) is 4.74 Å². The molecule has 0 bridgehead atoms. The number of benzene rings is 2. The molecule has 0 aliphatic carbocycles. The fourth-order valence-corrected chi connectivity index (χ4v) is 3.04. The minimum absolute atomic E-state index is 0.0303. The van der Waals surface area contributed by atoms with E-state index >= 15 is 0 Å². The third-order valence-electron chi connectivity index (χ3n) is 4.48. The van der Waals surface area contributed by atoms with Crippen molar-refractivity contribution in [3.63, 3.8) is 0 Å². The minimum atomic E-state index is -0.671. The maximum Gasteiger partial charge on any atom is 0.265 e. The van der Waals surface area contributed by atoms with Gasteiger partial charge in [-0.1, -0.05) is 30.3 Å². The highest BCUT2D eigenvalue weighted by Gasteiger charge is 2.22. The average molecular weight is 352 g/mol. The van der Waals surface area contributed by atoms with E-state index in [1.54, 1.807) is 31.2 Å². The zero-order chi connectivity index (χ0) is 18.4. The van der Waals surface area contributed by atoms with Crippen molar-refractivity contribution in [1.29, 1.82) is 0 Å². The van der Waals surface area contributed by atoms with Crippen LogP contribution in [-0.4, -0.2) is 35.9 Å². The Bertz CT molecular complexity index is 755. The Morgan fingerprint density at radius 1 is 0.962 bits per heavy atom. The second-order valence-corrected chi connectivity index (χ2v) is 6.46. The molecule has 1 fully saturated rings. The standard InChI is InChI=1S/C21H24N2O3/c1-16(26-17-10-4-2-5-11-17)20(24)22-19-13-7-6-12-18(19)21(25)23-14-8-3-9-15-23/h2,4-7,10-13,16H,3,8-9,14-15H2,1H3,(H,22,24). The summed E-state index contributed by atoms with van der Waals surface area (Å²) in [6.07, 6.45) is 2.55. The molecule has 1 aliphatic heterocycles. The van der Waals surface area contributed by atoms with Crippen molar-refractivity contribution in [1.82, 2.24) is 4.90 Å². The van der Waals surface area contributed by atoms with Gasteiger partial charge < -0.3 is 15.0 Å². The predicted molar refractivity (Wildman–Crippen MR) is 101 cm³/mol. The normalized spacial score (nSPS) is 15.2. The van der Waals surface area contributed by atoms with Crippen LogP contribution >= 0.6 is 0 Å². The summed E-state index contributed by atoms with van der Waals surface area (Å²) in [7, 11) is 0. The van der Waals surface area contributed by atoms with Gasteiger partial charge in [0.2, 0.25) is 0 Å². The first kappa shape index (κ1) is 18.0. The second kappa shape index (κ2) is 8.52. The Morgan fingerprint density at radius 3 is 2.35 bits per heavy atom. The topological polar surface area (TPSA) is 58.6 Å². The summed E-state index contributed by atoms with van der Waals surface area (Å²) in [5.74, 6) is 0.317. The molecule has 1 heterocycles. The Labute approximate surface area is 154 Å². The summed E-state index contributed by atoms with van der Waals surface area (Å²) in [4.78, 5) is 27.2. The number of carbonyl (C=O) groups is 2. The van der Waals surface area contributed by atoms with Crippen LogP contribution in [0.4, 0.5) is 5.69 Å². The van der Waals surface area contributed by atoms with E-state index in [1.165, 1.54) is 0 Å². The number of nitrogens with one attached hydrogen (secondary N) is 1. The molecule has 5 nitrogen and oxygen atoms in total. The van der Waals surface area contributed by atoms with E-state index in [2.05, 4.69) is 5.32 Å². The summed E-state index contributed by atoms with van der Waals surface area (Å²) in [6.45, 7) is 3.24. The van der Waals surface area contributed by atoms with Gasteiger partial charge in [-0.2, -0.15) is 0 Å². The molecule has 0 aromatic heterocycles. The molecular formula is C21H24N2O3. The second-order valence-electron chi connectivity index (χ2n) is 6.46. The first-order valence-corrected chi connectivity index (χ1v) is 9.06. The van der Waals surface area contributed by atoms with Crippen molar-refractivity contribution in [3.8, 4) is 5.75 Å². The van der Waals surface area contributed by atoms with Gasteiger partial charge in [-0.05, 0) is 50.5 Å². The molecule has 1 N–H and O–H groups in total. The van der Waals surface area contributed by atoms with Crippen LogP contribution < -0.4 is 10.1 Å². The smallest absolute Gasteiger partial charge is 0.265 e. The molecule has 136 valence electrons. The van der Waals surface area contributed by atoms with Crippen LogP contribution in [0.25, 0.3) is 0 Å². The molecule has 2 amide bonds. The highest BCUT2D eigenvalue weighted by Crippen LogP contribution is 2.21. The maximum absolute atomic E-state index is 12.8. The lowest BCUT2D eigenvalue weighted by Crippen LogP contribution is -2.36. The third-order valence-corrected chi connectivity index (χ3v) is 4.48. The van der Waals surface area contributed by atoms with Crippen molar-refractivity contribution < 1.29 is 14.3 Å². The predicted octanol–water partition coefficient (Wildman–Crippen LogP) is 3.72. The van der Waals surface area contributed by atoms with E-state index < -0.39 is 6.10 Å². The summed E-state index contributed by atoms with van der Waals surface area (Å²) < 4.78 is 5.66. The number of anilines is 1. The van der Waals surface area contributed by atoms with Gasteiger partial charge in [0.05, 0.1) is 11.3 Å². The monoisotopic (exact) mass is 352 g/mol. The number of hydrogen-bond donors (Lipinski definition) is 1. The van der Waals surface area contributed by atoms with Crippen molar-refractivity contribution in [2.75, 3.05) is 18.4 Å². The molecule has 3 rings (SSSR count). The van der Waals surface area contributed by atoms with Gasteiger partial charge >= 0.3 is 0 Å². The quantitative estimate of drug-likeness (QED) is 0.892. The summed E-state index contributed by atoms with van der Waals surface area (Å²) >= 11 is 0. The summed E-state index contributed by atoms with van der Waals surface area (Å²) in [6, 6.07) is 16.3. The Morgan fingerprint density at radius 2 is 1.62 bits per heavy atom. The molecule has 0 radical (unpaired) electrons. The van der Waals surface area contributed by atoms with E-state index in [1.807, 2.05) is 35.2 Å². The number of para-hydroxylation sites is 2. The fourth-order valence-electron chi connectivity index (χ4n) is 3.04. The lowest BCUT2D eigenvalue weighted by Gasteiger charge is -2.27. The van der Waals surface area contributed by atoms with Crippen LogP contribution in [0.15, 0.2) is 54.6 Å². The number of hydrogen-bond acceptors (Lipinski definition) is 3. The average Bonchev–Trinajstić information content (AvgIpc) is 2.69. The van der Waals surface area contributed by atoms with E-state index in [0.717, 1.165) is 32.4 Å². The van der Waals surface area contributed by atoms with Crippen LogP contribution in [0.2, 0.25) is 0 Å². The van der Waals surface area contributed by atoms with E-state index in [0.29, 0.717) is 17.0 Å². The molecular weight excluding hydrogens is 328 g/mol. The number of rotatable bonds is 5.